The quantitative estimate of drug-likeness (QED) is 0.484. The molecular weight excluding hydrogens is 272 g/mol. The van der Waals surface area contributed by atoms with Gasteiger partial charge in [0.2, 0.25) is 0 Å². The van der Waals surface area contributed by atoms with E-state index in [1.165, 1.54) is 19.9 Å². The van der Waals surface area contributed by atoms with Crippen LogP contribution in [0.25, 0.3) is 6.08 Å². The van der Waals surface area contributed by atoms with Crippen LogP contribution < -0.4 is 4.74 Å². The molecule has 21 heavy (non-hydrogen) atoms. The number of ether oxygens (including phenoxy) is 3. The fraction of sp³-hybridized carbons (Fsp3) is 0.375. The molecule has 0 saturated carbocycles. The SMILES string of the molecule is CCCOc1ccc(C=C2C(=O)OC(C)(C)OC2=O)cc1. The van der Waals surface area contributed by atoms with Gasteiger partial charge < -0.3 is 14.2 Å². The summed E-state index contributed by atoms with van der Waals surface area (Å²) in [6, 6.07) is 7.09. The van der Waals surface area contributed by atoms with Gasteiger partial charge in [0, 0.05) is 13.8 Å². The van der Waals surface area contributed by atoms with E-state index in [0.29, 0.717) is 12.2 Å². The number of carbonyl (C=O) groups is 2. The smallest absolute Gasteiger partial charge is 0.348 e. The molecule has 1 saturated heterocycles. The highest BCUT2D eigenvalue weighted by atomic mass is 16.7. The average Bonchev–Trinajstić information content (AvgIpc) is 2.41. The summed E-state index contributed by atoms with van der Waals surface area (Å²) in [4.78, 5) is 23.6. The molecule has 0 N–H and O–H groups in total. The van der Waals surface area contributed by atoms with E-state index in [-0.39, 0.29) is 5.57 Å². The van der Waals surface area contributed by atoms with Crippen LogP contribution in [0.3, 0.4) is 0 Å². The van der Waals surface area contributed by atoms with E-state index in [9.17, 15) is 9.59 Å². The Morgan fingerprint density at radius 3 is 2.19 bits per heavy atom. The second kappa shape index (κ2) is 5.99. The summed E-state index contributed by atoms with van der Waals surface area (Å²) in [6.07, 6.45) is 2.38. The number of carbonyl (C=O) groups excluding carboxylic acids is 2. The van der Waals surface area contributed by atoms with Crippen LogP contribution in [0.4, 0.5) is 0 Å². The molecule has 1 heterocycles. The number of benzene rings is 1. The lowest BCUT2D eigenvalue weighted by Gasteiger charge is -2.29. The van der Waals surface area contributed by atoms with E-state index in [1.807, 2.05) is 6.92 Å². The van der Waals surface area contributed by atoms with Crippen molar-refractivity contribution < 1.29 is 23.8 Å². The molecule has 0 spiro atoms. The predicted molar refractivity (Wildman–Crippen MR) is 76.5 cm³/mol. The molecule has 0 radical (unpaired) electrons. The first kappa shape index (κ1) is 15.1. The zero-order valence-corrected chi connectivity index (χ0v) is 12.3. The van der Waals surface area contributed by atoms with Crippen LogP contribution in [-0.4, -0.2) is 24.3 Å². The molecule has 1 aromatic carbocycles. The van der Waals surface area contributed by atoms with E-state index in [1.54, 1.807) is 24.3 Å². The Kier molecular flexibility index (Phi) is 4.31. The maximum absolute atomic E-state index is 11.8. The molecule has 0 atom stereocenters. The molecule has 1 fully saturated rings. The largest absolute Gasteiger partial charge is 0.494 e. The zero-order valence-electron chi connectivity index (χ0n) is 12.3. The van der Waals surface area contributed by atoms with Gasteiger partial charge in [0.05, 0.1) is 6.61 Å². The number of hydrogen-bond donors (Lipinski definition) is 0. The molecule has 5 nitrogen and oxygen atoms in total. The van der Waals surface area contributed by atoms with E-state index >= 15 is 0 Å². The van der Waals surface area contributed by atoms with Crippen LogP contribution in [0.2, 0.25) is 0 Å². The summed E-state index contributed by atoms with van der Waals surface area (Å²) in [5.74, 6) is -1.83. The number of hydrogen-bond acceptors (Lipinski definition) is 5. The minimum absolute atomic E-state index is 0.114. The molecule has 112 valence electrons. The Balaban J connectivity index is 2.15. The molecule has 0 aliphatic carbocycles. The maximum Gasteiger partial charge on any atom is 0.348 e. The Hall–Kier alpha value is -2.30. The lowest BCUT2D eigenvalue weighted by atomic mass is 10.1. The van der Waals surface area contributed by atoms with E-state index in [4.69, 9.17) is 14.2 Å². The van der Waals surface area contributed by atoms with Crippen LogP contribution in [0.15, 0.2) is 29.8 Å². The minimum Gasteiger partial charge on any atom is -0.494 e. The molecule has 2 rings (SSSR count). The number of cyclic esters (lactones) is 2. The summed E-state index contributed by atoms with van der Waals surface area (Å²) in [6.45, 7) is 5.70. The second-order valence-electron chi connectivity index (χ2n) is 5.15. The zero-order chi connectivity index (χ0) is 15.5. The van der Waals surface area contributed by atoms with Crippen LogP contribution in [0, 0.1) is 0 Å². The second-order valence-corrected chi connectivity index (χ2v) is 5.15. The van der Waals surface area contributed by atoms with Crippen molar-refractivity contribution >= 4 is 18.0 Å². The third-order valence-electron chi connectivity index (χ3n) is 2.78. The van der Waals surface area contributed by atoms with Gasteiger partial charge in [-0.2, -0.15) is 0 Å². The van der Waals surface area contributed by atoms with Gasteiger partial charge in [-0.3, -0.25) is 0 Å². The van der Waals surface area contributed by atoms with Crippen molar-refractivity contribution in [2.75, 3.05) is 6.61 Å². The van der Waals surface area contributed by atoms with Crippen LogP contribution >= 0.6 is 0 Å². The molecule has 0 amide bonds. The fourth-order valence-electron chi connectivity index (χ4n) is 1.83. The van der Waals surface area contributed by atoms with Crippen molar-refractivity contribution in [2.24, 2.45) is 0 Å². The molecule has 0 aromatic heterocycles. The highest BCUT2D eigenvalue weighted by Gasteiger charge is 2.38. The Morgan fingerprint density at radius 1 is 1.10 bits per heavy atom. The van der Waals surface area contributed by atoms with Crippen molar-refractivity contribution in [1.82, 2.24) is 0 Å². The summed E-state index contributed by atoms with van der Waals surface area (Å²) in [5, 5.41) is 0. The van der Waals surface area contributed by atoms with Gasteiger partial charge in [0.25, 0.3) is 5.79 Å². The lowest BCUT2D eigenvalue weighted by molar-refractivity contribution is -0.222. The van der Waals surface area contributed by atoms with Crippen molar-refractivity contribution in [2.45, 2.75) is 33.0 Å². The fourth-order valence-corrected chi connectivity index (χ4v) is 1.83. The molecule has 1 aromatic rings. The first-order valence-corrected chi connectivity index (χ1v) is 6.82. The van der Waals surface area contributed by atoms with Crippen molar-refractivity contribution in [1.29, 1.82) is 0 Å². The molecule has 1 aliphatic heterocycles. The maximum atomic E-state index is 11.8. The van der Waals surface area contributed by atoms with E-state index < -0.39 is 17.7 Å². The van der Waals surface area contributed by atoms with E-state index in [0.717, 1.165) is 12.2 Å². The van der Waals surface area contributed by atoms with Crippen LogP contribution in [0.1, 0.15) is 32.8 Å². The average molecular weight is 290 g/mol. The van der Waals surface area contributed by atoms with E-state index in [2.05, 4.69) is 0 Å². The van der Waals surface area contributed by atoms with Gasteiger partial charge in [0.15, 0.2) is 0 Å². The number of rotatable bonds is 4. The van der Waals surface area contributed by atoms with Gasteiger partial charge in [-0.1, -0.05) is 19.1 Å². The van der Waals surface area contributed by atoms with Crippen molar-refractivity contribution in [3.8, 4) is 5.75 Å². The molecule has 0 bridgehead atoms. The number of esters is 2. The topological polar surface area (TPSA) is 61.8 Å². The van der Waals surface area contributed by atoms with Crippen LogP contribution in [0.5, 0.6) is 5.75 Å². The molecule has 0 unspecified atom stereocenters. The van der Waals surface area contributed by atoms with Crippen molar-refractivity contribution in [3.05, 3.63) is 35.4 Å². The van der Waals surface area contributed by atoms with Gasteiger partial charge >= 0.3 is 11.9 Å². The van der Waals surface area contributed by atoms with Crippen LogP contribution in [-0.2, 0) is 19.1 Å². The highest BCUT2D eigenvalue weighted by molar-refractivity contribution is 6.18. The monoisotopic (exact) mass is 290 g/mol. The first-order valence-electron chi connectivity index (χ1n) is 6.82. The molecule has 1 aliphatic rings. The Bertz CT molecular complexity index is 547. The Labute approximate surface area is 123 Å². The molecule has 5 heteroatoms. The predicted octanol–water partition coefficient (Wildman–Crippen LogP) is 2.69. The first-order chi connectivity index (χ1) is 9.91. The third kappa shape index (κ3) is 3.84. The van der Waals surface area contributed by atoms with Gasteiger partial charge in [-0.05, 0) is 30.2 Å². The highest BCUT2D eigenvalue weighted by Crippen LogP contribution is 2.24. The summed E-state index contributed by atoms with van der Waals surface area (Å²) in [7, 11) is 0. The molecular formula is C16H18O5. The van der Waals surface area contributed by atoms with Gasteiger partial charge in [0.1, 0.15) is 11.3 Å². The normalized spacial score (nSPS) is 17.0. The lowest BCUT2D eigenvalue weighted by Crippen LogP contribution is -2.41. The van der Waals surface area contributed by atoms with Gasteiger partial charge in [-0.25, -0.2) is 9.59 Å². The minimum atomic E-state index is -1.22. The van der Waals surface area contributed by atoms with Crippen molar-refractivity contribution in [3.63, 3.8) is 0 Å². The third-order valence-corrected chi connectivity index (χ3v) is 2.78. The Morgan fingerprint density at radius 2 is 1.67 bits per heavy atom. The standard InChI is InChI=1S/C16H18O5/c1-4-9-19-12-7-5-11(6-8-12)10-13-14(17)20-16(2,3)21-15(13)18/h5-8,10H,4,9H2,1-3H3. The summed E-state index contributed by atoms with van der Waals surface area (Å²) < 4.78 is 15.5. The summed E-state index contributed by atoms with van der Waals surface area (Å²) in [5.41, 5.74) is 0.582. The summed E-state index contributed by atoms with van der Waals surface area (Å²) >= 11 is 0. The van der Waals surface area contributed by atoms with Gasteiger partial charge in [-0.15, -0.1) is 0 Å².